The Hall–Kier alpha value is -1.98. The summed E-state index contributed by atoms with van der Waals surface area (Å²) in [6.07, 6.45) is -4.99. The van der Waals surface area contributed by atoms with Gasteiger partial charge in [0.15, 0.2) is 0 Å². The molecule has 1 N–H and O–H groups in total. The van der Waals surface area contributed by atoms with Gasteiger partial charge in [0.25, 0.3) is 0 Å². The number of benzene rings is 1. The van der Waals surface area contributed by atoms with Crippen LogP contribution < -0.4 is 4.74 Å². The maximum atomic E-state index is 12.7. The quantitative estimate of drug-likeness (QED) is 0.893. The van der Waals surface area contributed by atoms with Gasteiger partial charge in [-0.2, -0.15) is 13.2 Å². The number of hydrogen-bond donors (Lipinski definition) is 1. The smallest absolute Gasteiger partial charge is 0.426 e. The molecule has 0 aliphatic carbocycles. The molecule has 1 rings (SSSR count). The molecule has 0 amide bonds. The van der Waals surface area contributed by atoms with Gasteiger partial charge < -0.3 is 9.84 Å². The lowest BCUT2D eigenvalue weighted by Crippen LogP contribution is -2.36. The van der Waals surface area contributed by atoms with Crippen LogP contribution in [0.5, 0.6) is 5.75 Å². The van der Waals surface area contributed by atoms with E-state index in [2.05, 4.69) is 0 Å². The van der Waals surface area contributed by atoms with Crippen molar-refractivity contribution < 1.29 is 27.8 Å². The zero-order valence-electron chi connectivity index (χ0n) is 10.1. The molecule has 6 heteroatoms. The minimum Gasteiger partial charge on any atom is -0.481 e. The van der Waals surface area contributed by atoms with E-state index >= 15 is 0 Å². The van der Waals surface area contributed by atoms with E-state index in [-0.39, 0.29) is 5.75 Å². The molecule has 1 aromatic carbocycles. The Morgan fingerprint density at radius 2 is 2.05 bits per heavy atom. The van der Waals surface area contributed by atoms with Gasteiger partial charge >= 0.3 is 12.1 Å². The highest BCUT2D eigenvalue weighted by atomic mass is 19.4. The Morgan fingerprint density at radius 3 is 2.58 bits per heavy atom. The maximum absolute atomic E-state index is 12.7. The van der Waals surface area contributed by atoms with E-state index in [9.17, 15) is 18.0 Å². The van der Waals surface area contributed by atoms with Crippen LogP contribution in [-0.4, -0.2) is 23.4 Å². The molecule has 0 fully saturated rings. The van der Waals surface area contributed by atoms with Crippen molar-refractivity contribution in [3.05, 3.63) is 35.9 Å². The van der Waals surface area contributed by atoms with Crippen LogP contribution in [0.4, 0.5) is 13.2 Å². The average molecular weight is 274 g/mol. The summed E-state index contributed by atoms with van der Waals surface area (Å²) in [7, 11) is 0. The maximum Gasteiger partial charge on any atom is 0.426 e. The summed E-state index contributed by atoms with van der Waals surface area (Å²) < 4.78 is 42.8. The van der Waals surface area contributed by atoms with E-state index in [1.165, 1.54) is 12.1 Å². The molecular weight excluding hydrogens is 261 g/mol. The van der Waals surface area contributed by atoms with Crippen molar-refractivity contribution in [2.24, 2.45) is 0 Å². The Kier molecular flexibility index (Phi) is 4.97. The number of carboxylic acid groups (broad SMARTS) is 1. The van der Waals surface area contributed by atoms with E-state index in [1.54, 1.807) is 31.2 Å². The third kappa shape index (κ3) is 4.65. The highest BCUT2D eigenvalue weighted by molar-refractivity contribution is 5.67. The molecule has 0 saturated carbocycles. The summed E-state index contributed by atoms with van der Waals surface area (Å²) in [6, 6.07) is 6.14. The van der Waals surface area contributed by atoms with Crippen LogP contribution in [-0.2, 0) is 4.79 Å². The van der Waals surface area contributed by atoms with Gasteiger partial charge in [0, 0.05) is 5.56 Å². The first-order valence-electron chi connectivity index (χ1n) is 5.51. The third-order valence-corrected chi connectivity index (χ3v) is 2.26. The second-order valence-electron chi connectivity index (χ2n) is 3.78. The minimum absolute atomic E-state index is 0.00387. The molecule has 0 aliphatic rings. The number of ether oxygens (including phenoxy) is 1. The summed E-state index contributed by atoms with van der Waals surface area (Å²) in [5, 5.41) is 8.50. The number of rotatable bonds is 5. The summed E-state index contributed by atoms with van der Waals surface area (Å²) >= 11 is 0. The second-order valence-corrected chi connectivity index (χ2v) is 3.78. The van der Waals surface area contributed by atoms with Crippen molar-refractivity contribution in [1.29, 1.82) is 0 Å². The Labute approximate surface area is 108 Å². The molecule has 1 unspecified atom stereocenters. The van der Waals surface area contributed by atoms with Crippen molar-refractivity contribution in [3.8, 4) is 5.75 Å². The van der Waals surface area contributed by atoms with E-state index in [0.29, 0.717) is 5.56 Å². The fourth-order valence-corrected chi connectivity index (χ4v) is 1.44. The lowest BCUT2D eigenvalue weighted by atomic mass is 10.1. The zero-order chi connectivity index (χ0) is 14.5. The van der Waals surface area contributed by atoms with Gasteiger partial charge in [-0.15, -0.1) is 0 Å². The van der Waals surface area contributed by atoms with Crippen LogP contribution in [0.15, 0.2) is 30.3 Å². The monoisotopic (exact) mass is 274 g/mol. The summed E-state index contributed by atoms with van der Waals surface area (Å²) in [5.41, 5.74) is 0.463. The number of allylic oxidation sites excluding steroid dienone is 1. The first kappa shape index (κ1) is 15.1. The summed E-state index contributed by atoms with van der Waals surface area (Å²) in [6.45, 7) is 1.72. The summed E-state index contributed by atoms with van der Waals surface area (Å²) in [4.78, 5) is 10.5. The van der Waals surface area contributed by atoms with Crippen molar-refractivity contribution in [2.45, 2.75) is 25.6 Å². The molecule has 0 spiro atoms. The molecule has 19 heavy (non-hydrogen) atoms. The van der Waals surface area contributed by atoms with Crippen LogP contribution in [0, 0.1) is 0 Å². The lowest BCUT2D eigenvalue weighted by Gasteiger charge is -2.21. The van der Waals surface area contributed by atoms with Gasteiger partial charge in [0.2, 0.25) is 6.10 Å². The highest BCUT2D eigenvalue weighted by Gasteiger charge is 2.43. The number of halogens is 3. The topological polar surface area (TPSA) is 46.5 Å². The number of alkyl halides is 3. The predicted octanol–water partition coefficient (Wildman–Crippen LogP) is 3.50. The van der Waals surface area contributed by atoms with E-state index in [1.807, 2.05) is 0 Å². The molecule has 0 aliphatic heterocycles. The number of hydrogen-bond acceptors (Lipinski definition) is 2. The Morgan fingerprint density at radius 1 is 1.42 bits per heavy atom. The van der Waals surface area contributed by atoms with Crippen molar-refractivity contribution in [3.63, 3.8) is 0 Å². The first-order chi connectivity index (χ1) is 8.84. The highest BCUT2D eigenvalue weighted by Crippen LogP contribution is 2.29. The fourth-order valence-electron chi connectivity index (χ4n) is 1.44. The van der Waals surface area contributed by atoms with Crippen LogP contribution >= 0.6 is 0 Å². The second kappa shape index (κ2) is 6.26. The number of aliphatic carboxylic acids is 1. The van der Waals surface area contributed by atoms with Crippen LogP contribution in [0.1, 0.15) is 18.9 Å². The normalized spacial score (nSPS) is 13.5. The van der Waals surface area contributed by atoms with Gasteiger partial charge in [-0.1, -0.05) is 30.4 Å². The molecule has 104 valence electrons. The number of para-hydroxylation sites is 1. The predicted molar refractivity (Wildman–Crippen MR) is 63.9 cm³/mol. The largest absolute Gasteiger partial charge is 0.481 e. The molecule has 0 bridgehead atoms. The summed E-state index contributed by atoms with van der Waals surface area (Å²) in [5.74, 6) is -1.56. The SMILES string of the molecule is CC=Cc1ccccc1OC(CC(=O)O)C(F)(F)F. The molecule has 0 heterocycles. The van der Waals surface area contributed by atoms with E-state index < -0.39 is 24.7 Å². The third-order valence-electron chi connectivity index (χ3n) is 2.26. The average Bonchev–Trinajstić information content (AvgIpc) is 2.29. The van der Waals surface area contributed by atoms with Crippen molar-refractivity contribution in [1.82, 2.24) is 0 Å². The van der Waals surface area contributed by atoms with E-state index in [4.69, 9.17) is 9.84 Å². The van der Waals surface area contributed by atoms with Gasteiger partial charge in [0.1, 0.15) is 5.75 Å². The molecule has 3 nitrogen and oxygen atoms in total. The number of carbonyl (C=O) groups is 1. The van der Waals surface area contributed by atoms with Crippen molar-refractivity contribution >= 4 is 12.0 Å². The fraction of sp³-hybridized carbons (Fsp3) is 0.308. The lowest BCUT2D eigenvalue weighted by molar-refractivity contribution is -0.200. The molecule has 1 aromatic rings. The van der Waals surface area contributed by atoms with Gasteiger partial charge in [-0.25, -0.2) is 0 Å². The van der Waals surface area contributed by atoms with Crippen LogP contribution in [0.3, 0.4) is 0 Å². The van der Waals surface area contributed by atoms with Crippen LogP contribution in [0.2, 0.25) is 0 Å². The molecule has 1 atom stereocenters. The van der Waals surface area contributed by atoms with Gasteiger partial charge in [0.05, 0.1) is 6.42 Å². The molecule has 0 aromatic heterocycles. The standard InChI is InChI=1S/C13H13F3O3/c1-2-5-9-6-3-4-7-10(9)19-11(8-12(17)18)13(14,15)16/h2-7,11H,8H2,1H3,(H,17,18). The van der Waals surface area contributed by atoms with Crippen molar-refractivity contribution in [2.75, 3.05) is 0 Å². The Balaban J connectivity index is 2.99. The zero-order valence-corrected chi connectivity index (χ0v) is 10.1. The van der Waals surface area contributed by atoms with Crippen LogP contribution in [0.25, 0.3) is 6.08 Å². The first-order valence-corrected chi connectivity index (χ1v) is 5.51. The Bertz CT molecular complexity index is 466. The molecule has 0 saturated heterocycles. The number of carboxylic acids is 1. The molecule has 0 radical (unpaired) electrons. The molecular formula is C13H13F3O3. The minimum atomic E-state index is -4.73. The van der Waals surface area contributed by atoms with Gasteiger partial charge in [-0.05, 0) is 13.0 Å². The van der Waals surface area contributed by atoms with Gasteiger partial charge in [-0.3, -0.25) is 4.79 Å². The van der Waals surface area contributed by atoms with E-state index in [0.717, 1.165) is 0 Å².